The Morgan fingerprint density at radius 1 is 0.907 bits per heavy atom. The summed E-state index contributed by atoms with van der Waals surface area (Å²) in [5, 5.41) is 0. The van der Waals surface area contributed by atoms with Crippen LogP contribution >= 0.6 is 0 Å². The summed E-state index contributed by atoms with van der Waals surface area (Å²) < 4.78 is 11.1. The number of allylic oxidation sites excluding steroid dienone is 7. The molecule has 43 heavy (non-hydrogen) atoms. The van der Waals surface area contributed by atoms with Crippen molar-refractivity contribution in [2.45, 2.75) is 86.5 Å². The minimum absolute atomic E-state index is 0.0136. The molecule has 4 fully saturated rings. The van der Waals surface area contributed by atoms with Gasteiger partial charge in [-0.1, -0.05) is 45.4 Å². The third-order valence-corrected chi connectivity index (χ3v) is 13.5. The predicted molar refractivity (Wildman–Crippen MR) is 166 cm³/mol. The number of piperazine rings is 1. The number of methoxy groups -OCH3 is 1. The molecule has 1 heterocycles. The smallest absolute Gasteiger partial charge is 0.415 e. The molecule has 0 radical (unpaired) electrons. The summed E-state index contributed by atoms with van der Waals surface area (Å²) in [6.07, 6.45) is 12.8. The quantitative estimate of drug-likeness (QED) is 0.337. The molecule has 7 heteroatoms. The van der Waals surface area contributed by atoms with E-state index < -0.39 is 11.5 Å². The SMILES string of the molecule is COC(=O)[C@]1(C)CC[C@]2(C)CC[C@]3(C)C4=CC=C5C(=CC(=O)C(OC(=O)N6CCN(C)CC6)=C5C)[C@]4(C)CC[C@@]3(C)[C@@H]2C1. The molecule has 0 bridgehead atoms. The third kappa shape index (κ3) is 4.27. The monoisotopic (exact) mass is 590 g/mol. The molecule has 0 aromatic heterocycles. The molecule has 1 saturated heterocycles. The van der Waals surface area contributed by atoms with E-state index in [2.05, 4.69) is 51.7 Å². The van der Waals surface area contributed by atoms with Gasteiger partial charge in [-0.05, 0) is 105 Å². The van der Waals surface area contributed by atoms with E-state index in [-0.39, 0.29) is 39.2 Å². The molecule has 0 aromatic carbocycles. The molecule has 1 aliphatic heterocycles. The Balaban J connectivity index is 1.35. The van der Waals surface area contributed by atoms with Crippen molar-refractivity contribution in [3.8, 4) is 0 Å². The van der Waals surface area contributed by atoms with E-state index in [4.69, 9.17) is 9.47 Å². The molecule has 6 rings (SSSR count). The van der Waals surface area contributed by atoms with Crippen LogP contribution in [0.2, 0.25) is 0 Å². The van der Waals surface area contributed by atoms with Gasteiger partial charge in [0, 0.05) is 37.2 Å². The Kier molecular flexibility index (Phi) is 7.00. The molecule has 1 amide bonds. The molecule has 234 valence electrons. The van der Waals surface area contributed by atoms with E-state index in [0.29, 0.717) is 19.0 Å². The number of nitrogens with zero attached hydrogens (tertiary/aromatic N) is 2. The molecular formula is C36H50N2O5. The first-order valence-electron chi connectivity index (χ1n) is 16.3. The second kappa shape index (κ2) is 9.92. The molecule has 6 atom stereocenters. The maximum absolute atomic E-state index is 13.6. The van der Waals surface area contributed by atoms with E-state index in [1.54, 1.807) is 11.0 Å². The van der Waals surface area contributed by atoms with Crippen LogP contribution in [0.3, 0.4) is 0 Å². The number of rotatable bonds is 2. The molecule has 0 unspecified atom stereocenters. The van der Waals surface area contributed by atoms with Crippen molar-refractivity contribution < 1.29 is 23.9 Å². The van der Waals surface area contributed by atoms with Crippen LogP contribution in [-0.2, 0) is 19.1 Å². The lowest BCUT2D eigenvalue weighted by atomic mass is 9.34. The average molecular weight is 591 g/mol. The van der Waals surface area contributed by atoms with Crippen molar-refractivity contribution in [2.75, 3.05) is 40.3 Å². The maximum Gasteiger partial charge on any atom is 0.415 e. The Bertz CT molecular complexity index is 1400. The lowest BCUT2D eigenvalue weighted by Crippen LogP contribution is -2.62. The number of likely N-dealkylation sites (N-methyl/N-ethyl adjacent to an activating group) is 1. The van der Waals surface area contributed by atoms with Gasteiger partial charge >= 0.3 is 12.1 Å². The second-order valence-electron chi connectivity index (χ2n) is 15.7. The molecule has 0 aromatic rings. The van der Waals surface area contributed by atoms with Crippen molar-refractivity contribution in [2.24, 2.45) is 33.0 Å². The molecular weight excluding hydrogens is 540 g/mol. The summed E-state index contributed by atoms with van der Waals surface area (Å²) in [5.74, 6) is 0.263. The minimum atomic E-state index is -0.451. The van der Waals surface area contributed by atoms with Gasteiger partial charge in [0.25, 0.3) is 0 Å². The van der Waals surface area contributed by atoms with Gasteiger partial charge in [0.2, 0.25) is 5.78 Å². The fourth-order valence-electron chi connectivity index (χ4n) is 10.1. The van der Waals surface area contributed by atoms with E-state index >= 15 is 0 Å². The summed E-state index contributed by atoms with van der Waals surface area (Å²) in [6.45, 7) is 16.5. The third-order valence-electron chi connectivity index (χ3n) is 13.5. The number of ether oxygens (including phenoxy) is 2. The summed E-state index contributed by atoms with van der Waals surface area (Å²) in [6, 6.07) is 0. The van der Waals surface area contributed by atoms with Crippen molar-refractivity contribution in [1.29, 1.82) is 0 Å². The average Bonchev–Trinajstić information content (AvgIpc) is 2.97. The van der Waals surface area contributed by atoms with Crippen LogP contribution < -0.4 is 0 Å². The first-order chi connectivity index (χ1) is 20.1. The Hall–Kier alpha value is -2.67. The first kappa shape index (κ1) is 30.4. The molecule has 3 saturated carbocycles. The normalized spacial score (nSPS) is 41.1. The fraction of sp³-hybridized carbons (Fsp3) is 0.694. The van der Waals surface area contributed by atoms with Gasteiger partial charge in [0.05, 0.1) is 12.5 Å². The van der Waals surface area contributed by atoms with Gasteiger partial charge in [0.1, 0.15) is 0 Å². The molecule has 0 spiro atoms. The number of ketones is 1. The zero-order chi connectivity index (χ0) is 31.2. The standard InChI is InChI=1S/C36H50N2O5/c1-23-24-9-10-27-34(4,25(24)21-26(39)29(23)43-31(41)38-19-17-37(7)18-20-38)14-16-36(6)28-22-33(3,30(40)42-8)12-11-32(28,2)13-15-35(27,36)5/h9-10,21,28H,11-20,22H2,1-8H3/t28-,32-,33-,34+,35-,36+/m1/s1. The lowest BCUT2D eigenvalue weighted by Gasteiger charge is -2.70. The molecule has 7 nitrogen and oxygen atoms in total. The maximum atomic E-state index is 13.6. The number of carbonyl (C=O) groups excluding carboxylic acids is 3. The van der Waals surface area contributed by atoms with Gasteiger partial charge < -0.3 is 19.3 Å². The van der Waals surface area contributed by atoms with Crippen LogP contribution in [0.4, 0.5) is 4.79 Å². The molecule has 5 aliphatic carbocycles. The minimum Gasteiger partial charge on any atom is -0.469 e. The Morgan fingerprint density at radius 2 is 1.58 bits per heavy atom. The van der Waals surface area contributed by atoms with E-state index in [0.717, 1.165) is 74.8 Å². The highest BCUT2D eigenvalue weighted by Gasteiger charge is 2.67. The highest BCUT2D eigenvalue weighted by atomic mass is 16.6. The van der Waals surface area contributed by atoms with Crippen molar-refractivity contribution in [1.82, 2.24) is 9.80 Å². The number of carbonyl (C=O) groups is 3. The zero-order valence-electron chi connectivity index (χ0n) is 27.5. The fourth-order valence-corrected chi connectivity index (χ4v) is 10.1. The number of hydrogen-bond donors (Lipinski definition) is 0. The van der Waals surface area contributed by atoms with Gasteiger partial charge in [-0.3, -0.25) is 9.59 Å². The highest BCUT2D eigenvalue weighted by Crippen LogP contribution is 2.75. The second-order valence-corrected chi connectivity index (χ2v) is 15.7. The van der Waals surface area contributed by atoms with Crippen LogP contribution in [0.1, 0.15) is 86.5 Å². The number of hydrogen-bond acceptors (Lipinski definition) is 6. The van der Waals surface area contributed by atoms with Gasteiger partial charge in [-0.15, -0.1) is 0 Å². The van der Waals surface area contributed by atoms with Gasteiger partial charge in [-0.25, -0.2) is 4.79 Å². The summed E-state index contributed by atoms with van der Waals surface area (Å²) >= 11 is 0. The number of esters is 1. The first-order valence-corrected chi connectivity index (χ1v) is 16.3. The summed E-state index contributed by atoms with van der Waals surface area (Å²) in [7, 11) is 3.56. The van der Waals surface area contributed by atoms with E-state index in [1.807, 2.05) is 14.0 Å². The van der Waals surface area contributed by atoms with Crippen LogP contribution in [0.25, 0.3) is 0 Å². The van der Waals surface area contributed by atoms with Crippen LogP contribution in [0.5, 0.6) is 0 Å². The number of fused-ring (bicyclic) bond motifs is 7. The Labute approximate surface area is 257 Å². The van der Waals surface area contributed by atoms with Crippen LogP contribution in [0.15, 0.2) is 46.3 Å². The highest BCUT2D eigenvalue weighted by molar-refractivity contribution is 6.08. The summed E-state index contributed by atoms with van der Waals surface area (Å²) in [4.78, 5) is 43.5. The van der Waals surface area contributed by atoms with Crippen LogP contribution in [-0.4, -0.2) is 68.0 Å². The molecule has 6 aliphatic rings. The van der Waals surface area contributed by atoms with Gasteiger partial charge in [0.15, 0.2) is 5.76 Å². The van der Waals surface area contributed by atoms with E-state index in [9.17, 15) is 14.4 Å². The molecule has 0 N–H and O–H groups in total. The van der Waals surface area contributed by atoms with Gasteiger partial charge in [-0.2, -0.15) is 0 Å². The largest absolute Gasteiger partial charge is 0.469 e. The van der Waals surface area contributed by atoms with Crippen LogP contribution in [0, 0.1) is 33.0 Å². The predicted octanol–water partition coefficient (Wildman–Crippen LogP) is 6.61. The van der Waals surface area contributed by atoms with Crippen molar-refractivity contribution in [3.05, 3.63) is 46.3 Å². The number of amides is 1. The van der Waals surface area contributed by atoms with E-state index in [1.165, 1.54) is 12.7 Å². The lowest BCUT2D eigenvalue weighted by molar-refractivity contribution is -0.180. The van der Waals surface area contributed by atoms with Crippen molar-refractivity contribution >= 4 is 17.8 Å². The Morgan fingerprint density at radius 3 is 2.26 bits per heavy atom. The topological polar surface area (TPSA) is 76.2 Å². The zero-order valence-corrected chi connectivity index (χ0v) is 27.5. The van der Waals surface area contributed by atoms with Crippen molar-refractivity contribution in [3.63, 3.8) is 0 Å². The summed E-state index contributed by atoms with van der Waals surface area (Å²) in [5.41, 5.74) is 3.64.